The van der Waals surface area contributed by atoms with Crippen LogP contribution in [0.1, 0.15) is 11.6 Å². The molecule has 4 aromatic rings. The average molecular weight is 433 g/mol. The first-order valence-electron chi connectivity index (χ1n) is 11.1. The molecule has 0 radical (unpaired) electrons. The lowest BCUT2D eigenvalue weighted by Gasteiger charge is -2.34. The number of hydrogen-bond donors (Lipinski definition) is 0. The fraction of sp³-hybridized carbons (Fsp3) is 0.0769. The van der Waals surface area contributed by atoms with Gasteiger partial charge in [-0.05, 0) is 42.0 Å². The monoisotopic (exact) mass is 433 g/mol. The minimum Gasteiger partial charge on any atom is -0.523 e. The van der Waals surface area contributed by atoms with Crippen LogP contribution in [0.5, 0.6) is 23.0 Å². The molecule has 0 saturated heterocycles. The number of benzene rings is 4. The molecule has 6 rings (SSSR count). The summed E-state index contributed by atoms with van der Waals surface area (Å²) >= 11 is 0. The number of nitrogens with zero attached hydrogens (tertiary/aromatic N) is 1. The number of rotatable bonds is 6. The second-order valence-corrected chi connectivity index (χ2v) is 8.01. The average Bonchev–Trinajstić information content (AvgIpc) is 3.48. The first-order valence-corrected chi connectivity index (χ1v) is 11.1. The molecule has 0 spiro atoms. The van der Waals surface area contributed by atoms with Crippen molar-refractivity contribution >= 4 is 20.1 Å². The normalized spacial score (nSPS) is 14.3. The van der Waals surface area contributed by atoms with E-state index in [9.17, 15) is 0 Å². The van der Waals surface area contributed by atoms with Gasteiger partial charge >= 0.3 is 14.4 Å². The number of fused-ring (bicyclic) bond motifs is 2. The van der Waals surface area contributed by atoms with E-state index in [0.29, 0.717) is 6.32 Å². The molecule has 2 aliphatic heterocycles. The van der Waals surface area contributed by atoms with Crippen LogP contribution in [0.15, 0.2) is 109 Å². The van der Waals surface area contributed by atoms with Gasteiger partial charge in [0.25, 0.3) is 0 Å². The van der Waals surface area contributed by atoms with Crippen LogP contribution in [0, 0.1) is 0 Å². The van der Waals surface area contributed by atoms with Crippen LogP contribution in [0.3, 0.4) is 0 Å². The molecule has 0 fully saturated rings. The molecule has 5 nitrogen and oxygen atoms in total. The first kappa shape index (κ1) is 19.7. The fourth-order valence-corrected chi connectivity index (χ4v) is 4.36. The molecule has 160 valence electrons. The molecular formula is C26H21B2NO4. The van der Waals surface area contributed by atoms with Crippen LogP contribution in [0.2, 0.25) is 6.32 Å². The molecule has 2 aliphatic rings. The van der Waals surface area contributed by atoms with Crippen LogP contribution in [-0.2, 0) is 0 Å². The van der Waals surface area contributed by atoms with Crippen molar-refractivity contribution in [2.75, 3.05) is 4.81 Å². The van der Waals surface area contributed by atoms with Crippen LogP contribution in [0.25, 0.3) is 0 Å². The molecule has 33 heavy (non-hydrogen) atoms. The topological polar surface area (TPSA) is 40.2 Å². The maximum absolute atomic E-state index is 6.27. The molecule has 0 aliphatic carbocycles. The summed E-state index contributed by atoms with van der Waals surface area (Å²) in [7, 11) is -1.05. The predicted octanol–water partition coefficient (Wildman–Crippen LogP) is 5.65. The molecule has 0 N–H and O–H groups in total. The van der Waals surface area contributed by atoms with Gasteiger partial charge in [0.15, 0.2) is 0 Å². The third-order valence-corrected chi connectivity index (χ3v) is 5.89. The Morgan fingerprint density at radius 3 is 1.55 bits per heavy atom. The molecule has 0 aromatic heterocycles. The van der Waals surface area contributed by atoms with Crippen molar-refractivity contribution in [3.8, 4) is 23.0 Å². The Kier molecular flexibility index (Phi) is 5.07. The summed E-state index contributed by atoms with van der Waals surface area (Å²) in [6, 6.07) is 35.9. The molecule has 0 saturated carbocycles. The van der Waals surface area contributed by atoms with Gasteiger partial charge in [0, 0.05) is 12.0 Å². The van der Waals surface area contributed by atoms with Gasteiger partial charge in [-0.3, -0.25) is 0 Å². The zero-order valence-corrected chi connectivity index (χ0v) is 17.9. The Morgan fingerprint density at radius 1 is 0.545 bits per heavy atom. The number of anilines is 1. The van der Waals surface area contributed by atoms with E-state index in [4.69, 9.17) is 18.6 Å². The second-order valence-electron chi connectivity index (χ2n) is 8.01. The third-order valence-electron chi connectivity index (χ3n) is 5.89. The van der Waals surface area contributed by atoms with Gasteiger partial charge in [0.05, 0.1) is 6.04 Å². The number of hydrogen-bond acceptors (Lipinski definition) is 5. The van der Waals surface area contributed by atoms with Crippen molar-refractivity contribution in [1.82, 2.24) is 0 Å². The summed E-state index contributed by atoms with van der Waals surface area (Å²) in [6.07, 6.45) is 0.577. The van der Waals surface area contributed by atoms with Crippen molar-refractivity contribution in [2.45, 2.75) is 12.4 Å². The lowest BCUT2D eigenvalue weighted by molar-refractivity contribution is 0.462. The minimum atomic E-state index is -0.626. The lowest BCUT2D eigenvalue weighted by atomic mass is 9.75. The third kappa shape index (κ3) is 3.87. The number of para-hydroxylation sites is 5. The van der Waals surface area contributed by atoms with Gasteiger partial charge in [0.1, 0.15) is 23.0 Å². The Labute approximate surface area is 193 Å². The van der Waals surface area contributed by atoms with E-state index in [2.05, 4.69) is 29.1 Å². The van der Waals surface area contributed by atoms with Crippen molar-refractivity contribution in [1.29, 1.82) is 0 Å². The molecule has 4 aromatic carbocycles. The van der Waals surface area contributed by atoms with Gasteiger partial charge in [-0.15, -0.1) is 0 Å². The van der Waals surface area contributed by atoms with Crippen LogP contribution >= 0.6 is 0 Å². The van der Waals surface area contributed by atoms with E-state index in [1.807, 2.05) is 84.9 Å². The zero-order chi connectivity index (χ0) is 22.0. The Balaban J connectivity index is 1.37. The Hall–Kier alpha value is -3.99. The summed E-state index contributed by atoms with van der Waals surface area (Å²) in [6.45, 7) is 0. The van der Waals surface area contributed by atoms with Crippen molar-refractivity contribution in [3.05, 3.63) is 115 Å². The summed E-state index contributed by atoms with van der Waals surface area (Å²) < 4.78 is 24.8. The van der Waals surface area contributed by atoms with E-state index in [1.165, 1.54) is 0 Å². The highest BCUT2D eigenvalue weighted by atomic mass is 16.6. The molecule has 1 unspecified atom stereocenters. The lowest BCUT2D eigenvalue weighted by Crippen LogP contribution is -2.50. The minimum absolute atomic E-state index is 0.132. The largest absolute Gasteiger partial charge is 0.739 e. The highest BCUT2D eigenvalue weighted by Crippen LogP contribution is 2.41. The Morgan fingerprint density at radius 2 is 1.00 bits per heavy atom. The van der Waals surface area contributed by atoms with Gasteiger partial charge in [-0.1, -0.05) is 72.8 Å². The molecule has 7 heteroatoms. The summed E-state index contributed by atoms with van der Waals surface area (Å²) in [5.74, 6) is 3.00. The SMILES string of the molecule is c1ccc(C(CB2Oc3ccccc3O2)N(B2Oc3ccccc3O2)c2ccccc2)cc1. The van der Waals surface area contributed by atoms with E-state index in [0.717, 1.165) is 34.2 Å². The smallest absolute Gasteiger partial charge is 0.523 e. The standard InChI is InChI=1S/C26H21B2NO4/c1-3-11-20(12-4-1)22(19-27-30-23-15-7-8-16-24(23)31-27)29(21-13-5-2-6-14-21)28-32-25-17-9-10-18-26(25)33-28/h1-18,22H,19H2. The van der Waals surface area contributed by atoms with Gasteiger partial charge < -0.3 is 23.4 Å². The van der Waals surface area contributed by atoms with Crippen molar-refractivity contribution in [2.24, 2.45) is 0 Å². The van der Waals surface area contributed by atoms with E-state index in [-0.39, 0.29) is 6.04 Å². The molecular weight excluding hydrogens is 412 g/mol. The highest BCUT2D eigenvalue weighted by molar-refractivity contribution is 6.54. The van der Waals surface area contributed by atoms with E-state index < -0.39 is 14.4 Å². The first-order chi connectivity index (χ1) is 16.3. The maximum atomic E-state index is 6.27. The predicted molar refractivity (Wildman–Crippen MR) is 130 cm³/mol. The van der Waals surface area contributed by atoms with Crippen LogP contribution < -0.4 is 23.4 Å². The van der Waals surface area contributed by atoms with Gasteiger partial charge in [-0.2, -0.15) is 0 Å². The van der Waals surface area contributed by atoms with Crippen molar-refractivity contribution in [3.63, 3.8) is 0 Å². The van der Waals surface area contributed by atoms with E-state index in [1.54, 1.807) is 0 Å². The highest BCUT2D eigenvalue weighted by Gasteiger charge is 2.47. The van der Waals surface area contributed by atoms with E-state index >= 15 is 0 Å². The fourth-order valence-electron chi connectivity index (χ4n) is 4.36. The summed E-state index contributed by atoms with van der Waals surface area (Å²) in [5.41, 5.74) is 2.10. The zero-order valence-electron chi connectivity index (χ0n) is 17.9. The molecule has 2 heterocycles. The Bertz CT molecular complexity index is 1190. The summed E-state index contributed by atoms with van der Waals surface area (Å²) in [5, 5.41) is 0. The molecule has 0 bridgehead atoms. The van der Waals surface area contributed by atoms with Gasteiger partial charge in [0.2, 0.25) is 0 Å². The van der Waals surface area contributed by atoms with Gasteiger partial charge in [-0.25, -0.2) is 0 Å². The second kappa shape index (κ2) is 8.51. The van der Waals surface area contributed by atoms with Crippen LogP contribution in [-0.4, -0.2) is 14.4 Å². The molecule has 0 amide bonds. The summed E-state index contributed by atoms with van der Waals surface area (Å²) in [4.78, 5) is 2.16. The van der Waals surface area contributed by atoms with Crippen LogP contribution in [0.4, 0.5) is 5.69 Å². The maximum Gasteiger partial charge on any atom is 0.739 e. The van der Waals surface area contributed by atoms with Crippen molar-refractivity contribution < 1.29 is 18.6 Å². The quantitative estimate of drug-likeness (QED) is 0.368. The molecule has 1 atom stereocenters.